The van der Waals surface area contributed by atoms with Gasteiger partial charge in [0.05, 0.1) is 40.7 Å². The van der Waals surface area contributed by atoms with E-state index in [0.717, 1.165) is 54.3 Å². The quantitative estimate of drug-likeness (QED) is 0.188. The number of hydrogen-bond donors (Lipinski definition) is 0. The largest absolute Gasteiger partial charge is 0.283 e. The van der Waals surface area contributed by atoms with Gasteiger partial charge in [-0.25, -0.2) is 4.98 Å². The molecule has 3 aliphatic carbocycles. The van der Waals surface area contributed by atoms with Crippen LogP contribution in [0, 0.1) is 27.7 Å². The van der Waals surface area contributed by atoms with Gasteiger partial charge in [0.2, 0.25) is 0 Å². The Morgan fingerprint density at radius 1 is 0.510 bits per heavy atom. The average Bonchev–Trinajstić information content (AvgIpc) is 3.76. The summed E-state index contributed by atoms with van der Waals surface area (Å²) in [7, 11) is 0. The first kappa shape index (κ1) is 42.4. The molecule has 8 rings (SSSR count). The van der Waals surface area contributed by atoms with E-state index in [4.69, 9.17) is 0 Å². The van der Waals surface area contributed by atoms with Crippen LogP contribution < -0.4 is 0 Å². The molecule has 5 heterocycles. The van der Waals surface area contributed by atoms with Gasteiger partial charge in [0.1, 0.15) is 0 Å². The van der Waals surface area contributed by atoms with Gasteiger partial charge in [0, 0.05) is 55.3 Å². The molecule has 0 saturated heterocycles. The molecule has 0 spiro atoms. The number of pyridine rings is 3. The van der Waals surface area contributed by atoms with Gasteiger partial charge in [-0.05, 0) is 125 Å². The van der Waals surface area contributed by atoms with Crippen molar-refractivity contribution < 1.29 is 0 Å². The van der Waals surface area contributed by atoms with E-state index in [9.17, 15) is 0 Å². The van der Waals surface area contributed by atoms with E-state index in [2.05, 4.69) is 109 Å². The second-order valence-corrected chi connectivity index (χ2v) is 12.5. The van der Waals surface area contributed by atoms with Crippen LogP contribution in [-0.4, -0.2) is 30.6 Å². The highest BCUT2D eigenvalue weighted by atomic mass is 14.8. The summed E-state index contributed by atoms with van der Waals surface area (Å²) in [5, 5.41) is 0. The predicted molar refractivity (Wildman–Crippen MR) is 213 cm³/mol. The van der Waals surface area contributed by atoms with Crippen LogP contribution in [0.1, 0.15) is 132 Å². The monoisotopic (exact) mass is 660 g/mol. The summed E-state index contributed by atoms with van der Waals surface area (Å²) in [6, 6.07) is 6.59. The minimum absolute atomic E-state index is 0. The summed E-state index contributed by atoms with van der Waals surface area (Å²) in [5.74, 6) is 0. The Bertz CT molecular complexity index is 1730. The van der Waals surface area contributed by atoms with E-state index in [1.807, 2.05) is 38.6 Å². The zero-order valence-electron chi connectivity index (χ0n) is 28.2. The lowest BCUT2D eigenvalue weighted by Crippen LogP contribution is -1.94. The minimum Gasteiger partial charge on any atom is -0.283 e. The fourth-order valence-corrected chi connectivity index (χ4v) is 5.77. The lowest BCUT2D eigenvalue weighted by Gasteiger charge is -2.00. The number of aromatic nitrogens is 5. The van der Waals surface area contributed by atoms with Gasteiger partial charge in [-0.3, -0.25) is 24.9 Å². The molecule has 6 nitrogen and oxygen atoms in total. The Hall–Kier alpha value is -4.58. The van der Waals surface area contributed by atoms with Crippen LogP contribution in [0.2, 0.25) is 0 Å². The van der Waals surface area contributed by atoms with E-state index in [-0.39, 0.29) is 29.7 Å². The van der Waals surface area contributed by atoms with Crippen LogP contribution in [0.5, 0.6) is 0 Å². The first-order valence-electron chi connectivity index (χ1n) is 15.7. The lowest BCUT2D eigenvalue weighted by atomic mass is 10.1. The maximum atomic E-state index is 4.42. The fraction of sp³-hybridized carbons (Fsp3) is 0.395. The van der Waals surface area contributed by atoms with Crippen LogP contribution in [0.3, 0.4) is 0 Å². The standard InChI is InChI=1S/C11H13N.C10H11N.2C9H10N2.4CH4/c1-7-4-10-9(3)8(2)5-11(10)12-6-7;1-7-5-9-8(2)3-4-10(9)11-6-7;1-6-3-8-7(2)10-5-9(8)11-4-6;1-6-3-4-8-9(6)11-7(2)5-10-8;;;;/h4,6H,5H2,1-3H3;3,5-6H,4H2,1-2H3;3-4H,5H2,1-2H3;3,5H,4H2,1-2H3;4*1H4. The highest BCUT2D eigenvalue weighted by Crippen LogP contribution is 2.31. The van der Waals surface area contributed by atoms with Crippen molar-refractivity contribution in [2.45, 2.75) is 118 Å². The zero-order valence-corrected chi connectivity index (χ0v) is 28.2. The summed E-state index contributed by atoms with van der Waals surface area (Å²) in [5.41, 5.74) is 21.1. The number of rotatable bonds is 0. The Labute approximate surface area is 297 Å². The van der Waals surface area contributed by atoms with Crippen molar-refractivity contribution in [1.29, 1.82) is 0 Å². The van der Waals surface area contributed by atoms with Crippen molar-refractivity contribution in [2.24, 2.45) is 4.99 Å². The number of nitrogens with zero attached hydrogens (tertiary/aromatic N) is 6. The van der Waals surface area contributed by atoms with Crippen LogP contribution in [0.25, 0.3) is 16.7 Å². The first-order chi connectivity index (χ1) is 21.5. The highest BCUT2D eigenvalue weighted by molar-refractivity contribution is 6.01. The molecular weight excluding hydrogens is 601 g/mol. The van der Waals surface area contributed by atoms with Crippen molar-refractivity contribution in [3.8, 4) is 0 Å². The van der Waals surface area contributed by atoms with Crippen LogP contribution in [0.4, 0.5) is 0 Å². The van der Waals surface area contributed by atoms with Crippen LogP contribution >= 0.6 is 0 Å². The molecule has 4 aliphatic rings. The van der Waals surface area contributed by atoms with Gasteiger partial charge in [-0.15, -0.1) is 0 Å². The highest BCUT2D eigenvalue weighted by Gasteiger charge is 2.16. The predicted octanol–water partition coefficient (Wildman–Crippen LogP) is 11.1. The van der Waals surface area contributed by atoms with Gasteiger partial charge in [-0.1, -0.05) is 47.4 Å². The van der Waals surface area contributed by atoms with Gasteiger partial charge in [-0.2, -0.15) is 0 Å². The molecule has 49 heavy (non-hydrogen) atoms. The minimum atomic E-state index is 0. The number of hydrogen-bond acceptors (Lipinski definition) is 6. The van der Waals surface area contributed by atoms with Crippen molar-refractivity contribution in [3.63, 3.8) is 0 Å². The van der Waals surface area contributed by atoms with Gasteiger partial charge in [0.15, 0.2) is 0 Å². The molecule has 6 heteroatoms. The molecule has 1 aliphatic heterocycles. The molecule has 0 radical (unpaired) electrons. The van der Waals surface area contributed by atoms with E-state index < -0.39 is 0 Å². The van der Waals surface area contributed by atoms with E-state index in [0.29, 0.717) is 0 Å². The molecule has 0 fully saturated rings. The Kier molecular flexibility index (Phi) is 15.8. The maximum Gasteiger partial charge on any atom is 0.0877 e. The molecule has 4 aromatic heterocycles. The number of aliphatic imine (C=N–C) groups is 1. The topological polar surface area (TPSA) is 76.8 Å². The van der Waals surface area contributed by atoms with Crippen molar-refractivity contribution in [3.05, 3.63) is 128 Å². The molecule has 0 saturated carbocycles. The zero-order chi connectivity index (χ0) is 32.2. The normalized spacial score (nSPS) is 13.5. The van der Waals surface area contributed by atoms with Crippen molar-refractivity contribution >= 4 is 22.4 Å². The SMILES string of the molecule is C.C.C.C.CC1=C(C)c2cc(C)cnc2C1.CC1=CCc2ncc(C)cc21.CC1=CCc2ncc(C)nc21.CC1=NCc2ncc(C)cc21. The molecule has 4 aromatic rings. The molecule has 0 N–H and O–H groups in total. The van der Waals surface area contributed by atoms with E-state index in [1.165, 1.54) is 67.1 Å². The molecular formula is C43H60N6. The Morgan fingerprint density at radius 2 is 1.02 bits per heavy atom. The van der Waals surface area contributed by atoms with E-state index >= 15 is 0 Å². The van der Waals surface area contributed by atoms with Crippen LogP contribution in [0.15, 0.2) is 65.7 Å². The second kappa shape index (κ2) is 18.3. The number of allylic oxidation sites excluding steroid dienone is 6. The summed E-state index contributed by atoms with van der Waals surface area (Å²) in [6.45, 7) is 19.6. The number of aryl methyl sites for hydroxylation is 4. The van der Waals surface area contributed by atoms with E-state index in [1.54, 1.807) is 0 Å². The maximum absolute atomic E-state index is 4.42. The molecule has 0 atom stereocenters. The summed E-state index contributed by atoms with van der Waals surface area (Å²) in [4.78, 5) is 26.1. The molecule has 0 amide bonds. The number of fused-ring (bicyclic) bond motifs is 4. The summed E-state index contributed by atoms with van der Waals surface area (Å²) >= 11 is 0. The van der Waals surface area contributed by atoms with Gasteiger partial charge >= 0.3 is 0 Å². The van der Waals surface area contributed by atoms with Crippen molar-refractivity contribution in [1.82, 2.24) is 24.9 Å². The molecule has 0 aromatic carbocycles. The average molecular weight is 661 g/mol. The summed E-state index contributed by atoms with van der Waals surface area (Å²) in [6.07, 6.45) is 15.0. The summed E-state index contributed by atoms with van der Waals surface area (Å²) < 4.78 is 0. The van der Waals surface area contributed by atoms with Crippen molar-refractivity contribution in [2.75, 3.05) is 0 Å². The lowest BCUT2D eigenvalue weighted by molar-refractivity contribution is 1.02. The Balaban J connectivity index is 0.000000318. The third kappa shape index (κ3) is 9.97. The molecule has 0 unspecified atom stereocenters. The first-order valence-corrected chi connectivity index (χ1v) is 15.7. The van der Waals surface area contributed by atoms with Crippen LogP contribution in [-0.2, 0) is 25.8 Å². The van der Waals surface area contributed by atoms with Gasteiger partial charge in [0.25, 0.3) is 0 Å². The smallest absolute Gasteiger partial charge is 0.0877 e. The second-order valence-electron chi connectivity index (χ2n) is 12.5. The van der Waals surface area contributed by atoms with Gasteiger partial charge < -0.3 is 0 Å². The third-order valence-electron chi connectivity index (χ3n) is 8.62. The Morgan fingerprint density at radius 3 is 1.67 bits per heavy atom. The fourth-order valence-electron chi connectivity index (χ4n) is 5.77. The molecule has 262 valence electrons. The third-order valence-corrected chi connectivity index (χ3v) is 8.62. The molecule has 0 bridgehead atoms.